The first-order chi connectivity index (χ1) is 9.29. The minimum atomic E-state index is 0.296. The maximum absolute atomic E-state index is 6.39. The molecule has 0 spiro atoms. The molecule has 0 fully saturated rings. The van der Waals surface area contributed by atoms with Crippen molar-refractivity contribution in [3.8, 4) is 5.75 Å². The molecule has 2 aromatic rings. The topological polar surface area (TPSA) is 35.2 Å². The fourth-order valence-corrected chi connectivity index (χ4v) is 2.87. The van der Waals surface area contributed by atoms with Gasteiger partial charge < -0.3 is 10.5 Å². The number of methoxy groups -OCH3 is 1. The highest BCUT2D eigenvalue weighted by molar-refractivity contribution is 5.46. The summed E-state index contributed by atoms with van der Waals surface area (Å²) in [6, 6.07) is 17.6. The second-order valence-corrected chi connectivity index (χ2v) is 4.98. The van der Waals surface area contributed by atoms with E-state index >= 15 is 0 Å². The zero-order valence-corrected chi connectivity index (χ0v) is 11.1. The first-order valence-electron chi connectivity index (χ1n) is 6.64. The van der Waals surface area contributed by atoms with Gasteiger partial charge in [0.1, 0.15) is 5.75 Å². The van der Waals surface area contributed by atoms with Crippen LogP contribution in [0.4, 0.5) is 0 Å². The number of hydrogen-bond acceptors (Lipinski definition) is 2. The lowest BCUT2D eigenvalue weighted by Crippen LogP contribution is -2.26. The molecule has 0 amide bonds. The van der Waals surface area contributed by atoms with Gasteiger partial charge in [-0.3, -0.25) is 0 Å². The molecule has 0 aliphatic heterocycles. The van der Waals surface area contributed by atoms with E-state index in [1.165, 1.54) is 16.7 Å². The van der Waals surface area contributed by atoms with Crippen LogP contribution in [0.2, 0.25) is 0 Å². The molecule has 2 aromatic carbocycles. The monoisotopic (exact) mass is 252 g/mol. The Hall–Kier alpha value is -1.80. The molecule has 2 N–H and O–H groups in total. The summed E-state index contributed by atoms with van der Waals surface area (Å²) < 4.78 is 5.30. The number of hydrogen-bond donors (Lipinski definition) is 1. The Morgan fingerprint density at radius 3 is 2.79 bits per heavy atom. The standard InChI is InChI=1S/C17H18NO/c1-19-14-7-4-6-13(11-14)16-10-9-12-5-2-3-8-15(12)17(16)18/h2-8,11,16H,9-10,18H2,1H3/t16-/m1/s1. The van der Waals surface area contributed by atoms with Crippen LogP contribution in [0.25, 0.3) is 0 Å². The maximum atomic E-state index is 6.39. The van der Waals surface area contributed by atoms with Crippen LogP contribution in [0.5, 0.6) is 5.75 Å². The lowest BCUT2D eigenvalue weighted by atomic mass is 9.77. The molecule has 2 heteroatoms. The fraction of sp³-hybridized carbons (Fsp3) is 0.235. The van der Waals surface area contributed by atoms with Crippen LogP contribution in [0.3, 0.4) is 0 Å². The molecule has 1 radical (unpaired) electrons. The van der Waals surface area contributed by atoms with Crippen molar-refractivity contribution in [1.82, 2.24) is 0 Å². The quantitative estimate of drug-likeness (QED) is 0.890. The normalized spacial score (nSPS) is 18.9. The third-order valence-electron chi connectivity index (χ3n) is 3.90. The van der Waals surface area contributed by atoms with Crippen molar-refractivity contribution in [3.63, 3.8) is 0 Å². The van der Waals surface area contributed by atoms with Gasteiger partial charge in [0.15, 0.2) is 0 Å². The Balaban J connectivity index is 1.95. The Kier molecular flexibility index (Phi) is 3.26. The molecule has 19 heavy (non-hydrogen) atoms. The number of rotatable bonds is 2. The molecular formula is C17H18NO. The molecule has 1 atom stereocenters. The molecule has 0 bridgehead atoms. The minimum absolute atomic E-state index is 0.296. The van der Waals surface area contributed by atoms with Crippen LogP contribution < -0.4 is 10.5 Å². The van der Waals surface area contributed by atoms with Crippen molar-refractivity contribution in [2.24, 2.45) is 5.73 Å². The second-order valence-electron chi connectivity index (χ2n) is 4.98. The first-order valence-corrected chi connectivity index (χ1v) is 6.64. The fourth-order valence-electron chi connectivity index (χ4n) is 2.87. The lowest BCUT2D eigenvalue weighted by molar-refractivity contribution is 0.413. The average molecular weight is 252 g/mol. The van der Waals surface area contributed by atoms with Crippen molar-refractivity contribution in [2.75, 3.05) is 7.11 Å². The highest BCUT2D eigenvalue weighted by atomic mass is 16.5. The molecule has 0 aromatic heterocycles. The molecule has 0 unspecified atom stereocenters. The summed E-state index contributed by atoms with van der Waals surface area (Å²) in [7, 11) is 1.70. The van der Waals surface area contributed by atoms with E-state index in [1.807, 2.05) is 12.1 Å². The summed E-state index contributed by atoms with van der Waals surface area (Å²) >= 11 is 0. The zero-order valence-electron chi connectivity index (χ0n) is 11.1. The van der Waals surface area contributed by atoms with E-state index in [2.05, 4.69) is 36.4 Å². The molecule has 97 valence electrons. The highest BCUT2D eigenvalue weighted by Crippen LogP contribution is 2.39. The molecule has 0 saturated heterocycles. The lowest BCUT2D eigenvalue weighted by Gasteiger charge is -2.30. The van der Waals surface area contributed by atoms with Gasteiger partial charge in [0.05, 0.1) is 13.2 Å². The zero-order chi connectivity index (χ0) is 13.2. The third-order valence-corrected chi connectivity index (χ3v) is 3.90. The van der Waals surface area contributed by atoms with Crippen molar-refractivity contribution in [1.29, 1.82) is 0 Å². The van der Waals surface area contributed by atoms with E-state index in [4.69, 9.17) is 10.5 Å². The van der Waals surface area contributed by atoms with Crippen molar-refractivity contribution >= 4 is 0 Å². The summed E-state index contributed by atoms with van der Waals surface area (Å²) in [5.41, 5.74) is 10.2. The van der Waals surface area contributed by atoms with Gasteiger partial charge in [-0.2, -0.15) is 0 Å². The van der Waals surface area contributed by atoms with Gasteiger partial charge in [0, 0.05) is 5.92 Å². The average Bonchev–Trinajstić information content (AvgIpc) is 2.48. The Bertz CT molecular complexity index is 579. The van der Waals surface area contributed by atoms with Crippen molar-refractivity contribution < 1.29 is 4.74 Å². The van der Waals surface area contributed by atoms with Crippen LogP contribution in [-0.2, 0) is 6.42 Å². The Labute approximate surface area is 114 Å². The molecule has 0 heterocycles. The third kappa shape index (κ3) is 2.24. The van der Waals surface area contributed by atoms with E-state index in [1.54, 1.807) is 7.11 Å². The van der Waals surface area contributed by atoms with Gasteiger partial charge in [-0.1, -0.05) is 36.4 Å². The number of ether oxygens (including phenoxy) is 1. The highest BCUT2D eigenvalue weighted by Gasteiger charge is 2.28. The van der Waals surface area contributed by atoms with Gasteiger partial charge in [0.2, 0.25) is 0 Å². The van der Waals surface area contributed by atoms with Crippen LogP contribution in [0.1, 0.15) is 29.0 Å². The second kappa shape index (κ2) is 5.06. The molecule has 2 nitrogen and oxygen atoms in total. The molecule has 1 aliphatic carbocycles. The number of aryl methyl sites for hydroxylation is 1. The smallest absolute Gasteiger partial charge is 0.119 e. The summed E-state index contributed by atoms with van der Waals surface area (Å²) in [5, 5.41) is 0. The van der Waals surface area contributed by atoms with Crippen molar-refractivity contribution in [2.45, 2.75) is 18.8 Å². The summed E-state index contributed by atoms with van der Waals surface area (Å²) in [5.74, 6) is 1.19. The van der Waals surface area contributed by atoms with E-state index in [0.717, 1.165) is 24.6 Å². The van der Waals surface area contributed by atoms with Crippen LogP contribution >= 0.6 is 0 Å². The number of nitrogens with two attached hydrogens (primary N) is 1. The predicted molar refractivity (Wildman–Crippen MR) is 77.0 cm³/mol. The van der Waals surface area contributed by atoms with Crippen LogP contribution in [0.15, 0.2) is 48.5 Å². The van der Waals surface area contributed by atoms with E-state index in [9.17, 15) is 0 Å². The van der Waals surface area contributed by atoms with E-state index in [-0.39, 0.29) is 0 Å². The van der Waals surface area contributed by atoms with Gasteiger partial charge in [-0.05, 0) is 41.7 Å². The predicted octanol–water partition coefficient (Wildman–Crippen LogP) is 3.26. The van der Waals surface area contributed by atoms with Gasteiger partial charge >= 0.3 is 0 Å². The molecular weight excluding hydrogens is 234 g/mol. The summed E-state index contributed by atoms with van der Waals surface area (Å²) in [6.07, 6.45) is 2.15. The van der Waals surface area contributed by atoms with Crippen molar-refractivity contribution in [3.05, 3.63) is 71.3 Å². The SMILES string of the molecule is COc1cccc([C@H]2CCc3ccccc3[C]2N)c1. The number of fused-ring (bicyclic) bond motifs is 1. The van der Waals surface area contributed by atoms with Crippen LogP contribution in [0, 0.1) is 6.04 Å². The Morgan fingerprint density at radius 2 is 1.95 bits per heavy atom. The first kappa shape index (κ1) is 12.2. The summed E-state index contributed by atoms with van der Waals surface area (Å²) in [6.45, 7) is 0. The Morgan fingerprint density at radius 1 is 1.11 bits per heavy atom. The minimum Gasteiger partial charge on any atom is -0.497 e. The molecule has 3 rings (SSSR count). The van der Waals surface area contributed by atoms with E-state index < -0.39 is 0 Å². The van der Waals surface area contributed by atoms with Gasteiger partial charge in [-0.15, -0.1) is 0 Å². The van der Waals surface area contributed by atoms with Gasteiger partial charge in [-0.25, -0.2) is 0 Å². The van der Waals surface area contributed by atoms with Crippen LogP contribution in [-0.4, -0.2) is 7.11 Å². The largest absolute Gasteiger partial charge is 0.497 e. The molecule has 1 aliphatic rings. The number of benzene rings is 2. The maximum Gasteiger partial charge on any atom is 0.119 e. The molecule has 0 saturated carbocycles. The van der Waals surface area contributed by atoms with Gasteiger partial charge in [0.25, 0.3) is 0 Å². The summed E-state index contributed by atoms with van der Waals surface area (Å²) in [4.78, 5) is 0. The van der Waals surface area contributed by atoms with E-state index in [0.29, 0.717) is 5.92 Å².